The number of sulfonamides is 1. The number of halogens is 3. The van der Waals surface area contributed by atoms with Crippen LogP contribution in [0.4, 0.5) is 18.9 Å². The van der Waals surface area contributed by atoms with Gasteiger partial charge in [-0.2, -0.15) is 13.2 Å². The molecule has 2 aromatic carbocycles. The summed E-state index contributed by atoms with van der Waals surface area (Å²) in [5.41, 5.74) is 2.68. The van der Waals surface area contributed by atoms with Gasteiger partial charge in [-0.3, -0.25) is 9.10 Å². The highest BCUT2D eigenvalue weighted by Crippen LogP contribution is 2.43. The fourth-order valence-electron chi connectivity index (χ4n) is 6.73. The lowest BCUT2D eigenvalue weighted by Crippen LogP contribution is -2.37. The number of hydrogen-bond donors (Lipinski definition) is 1. The molecule has 234 valence electrons. The Morgan fingerprint density at radius 2 is 1.74 bits per heavy atom. The smallest absolute Gasteiger partial charge is 0.391 e. The molecule has 2 fully saturated rings. The number of anilines is 1. The number of fused-ring (bicyclic) bond motifs is 1. The Balaban J connectivity index is 1.27. The number of rotatable bonds is 8. The Kier molecular flexibility index (Phi) is 8.82. The number of aromatic nitrogens is 2. The van der Waals surface area contributed by atoms with Crippen LogP contribution in [-0.4, -0.2) is 55.0 Å². The molecule has 12 heteroatoms. The lowest BCUT2D eigenvalue weighted by Gasteiger charge is -2.37. The van der Waals surface area contributed by atoms with E-state index in [-0.39, 0.29) is 42.3 Å². The van der Waals surface area contributed by atoms with Crippen molar-refractivity contribution in [1.82, 2.24) is 9.55 Å². The molecule has 2 aliphatic carbocycles. The van der Waals surface area contributed by atoms with E-state index in [4.69, 9.17) is 4.74 Å². The third kappa shape index (κ3) is 6.40. The summed E-state index contributed by atoms with van der Waals surface area (Å²) in [6.45, 7) is 2.05. The van der Waals surface area contributed by atoms with E-state index in [0.717, 1.165) is 23.3 Å². The molecule has 2 saturated carbocycles. The highest BCUT2D eigenvalue weighted by molar-refractivity contribution is 7.92. The zero-order valence-corrected chi connectivity index (χ0v) is 25.4. The van der Waals surface area contributed by atoms with E-state index in [9.17, 15) is 31.5 Å². The van der Waals surface area contributed by atoms with Gasteiger partial charge in [0.25, 0.3) is 10.0 Å². The average Bonchev–Trinajstić information content (AvgIpc) is 3.27. The maximum atomic E-state index is 13.5. The molecule has 5 rings (SSSR count). The summed E-state index contributed by atoms with van der Waals surface area (Å²) in [4.78, 5) is 17.0. The van der Waals surface area contributed by atoms with Gasteiger partial charge >= 0.3 is 12.1 Å². The normalized spacial score (nSPS) is 25.1. The number of carboxylic acids is 1. The SMILES string of the molecule is Cc1nc2cc(S(=O)(=O)N(C)c3ccc([C@H]4CCC[C@@H](COC5CCC(C(F)(F)F)CC5)[C@@H]4C(=O)O)cc3)ccc2n1C. The number of carboxylic acid groups (broad SMARTS) is 1. The summed E-state index contributed by atoms with van der Waals surface area (Å²) in [6, 6.07) is 11.8. The highest BCUT2D eigenvalue weighted by atomic mass is 32.2. The Morgan fingerprint density at radius 3 is 2.37 bits per heavy atom. The average molecular weight is 622 g/mol. The molecule has 0 radical (unpaired) electrons. The summed E-state index contributed by atoms with van der Waals surface area (Å²) in [7, 11) is -0.526. The van der Waals surface area contributed by atoms with Crippen LogP contribution in [0.2, 0.25) is 0 Å². The van der Waals surface area contributed by atoms with Crippen LogP contribution in [0.5, 0.6) is 0 Å². The third-order valence-corrected chi connectivity index (χ3v) is 11.2. The van der Waals surface area contributed by atoms with Crippen molar-refractivity contribution in [3.63, 3.8) is 0 Å². The molecule has 3 aromatic rings. The lowest BCUT2D eigenvalue weighted by atomic mass is 9.69. The topological polar surface area (TPSA) is 102 Å². The van der Waals surface area contributed by atoms with E-state index < -0.39 is 34.0 Å². The third-order valence-electron chi connectivity index (χ3n) is 9.42. The van der Waals surface area contributed by atoms with Gasteiger partial charge in [-0.1, -0.05) is 18.6 Å². The Labute approximate surface area is 249 Å². The fraction of sp³-hybridized carbons (Fsp3) is 0.548. The summed E-state index contributed by atoms with van der Waals surface area (Å²) in [5, 5.41) is 10.2. The minimum absolute atomic E-state index is 0.0394. The van der Waals surface area contributed by atoms with Crippen molar-refractivity contribution in [3.05, 3.63) is 53.9 Å². The maximum absolute atomic E-state index is 13.5. The number of carbonyl (C=O) groups is 1. The van der Waals surface area contributed by atoms with Crippen LogP contribution in [-0.2, 0) is 26.6 Å². The molecule has 1 aromatic heterocycles. The van der Waals surface area contributed by atoms with Gasteiger partial charge in [0.2, 0.25) is 0 Å². The van der Waals surface area contributed by atoms with Crippen molar-refractivity contribution < 1.29 is 36.2 Å². The summed E-state index contributed by atoms with van der Waals surface area (Å²) >= 11 is 0. The standard InChI is InChI=1S/C31H38F3N3O5S/c1-19-35-27-17-25(15-16-28(27)36(19)2)43(40,41)37(3)23-11-7-20(8-12-23)26-6-4-5-21(29(26)30(38)39)18-42-24-13-9-22(10-14-24)31(32,33)34/h7-8,11-12,15-17,21-22,24,26,29H,4-6,9-10,13-14,18H2,1-3H3,(H,38,39)/t21-,22?,24?,26+,29-/m0/s1. The second kappa shape index (κ2) is 12.1. The second-order valence-electron chi connectivity index (χ2n) is 11.9. The van der Waals surface area contributed by atoms with Crippen LogP contribution in [0.25, 0.3) is 11.0 Å². The van der Waals surface area contributed by atoms with E-state index in [0.29, 0.717) is 36.9 Å². The van der Waals surface area contributed by atoms with Gasteiger partial charge in [0, 0.05) is 14.1 Å². The molecular formula is C31H38F3N3O5S. The van der Waals surface area contributed by atoms with Gasteiger partial charge in [0.15, 0.2) is 0 Å². The lowest BCUT2D eigenvalue weighted by molar-refractivity contribution is -0.188. The van der Waals surface area contributed by atoms with Crippen LogP contribution in [0.3, 0.4) is 0 Å². The zero-order chi connectivity index (χ0) is 31.1. The Bertz CT molecular complexity index is 1560. The Morgan fingerprint density at radius 1 is 1.07 bits per heavy atom. The summed E-state index contributed by atoms with van der Waals surface area (Å²) < 4.78 is 75.1. The molecule has 0 amide bonds. The van der Waals surface area contributed by atoms with Crippen molar-refractivity contribution >= 4 is 32.7 Å². The first-order valence-corrected chi connectivity index (χ1v) is 16.1. The molecule has 0 aliphatic heterocycles. The van der Waals surface area contributed by atoms with Crippen molar-refractivity contribution in [2.75, 3.05) is 18.0 Å². The molecule has 1 N–H and O–H groups in total. The number of hydrogen-bond acceptors (Lipinski definition) is 5. The van der Waals surface area contributed by atoms with Crippen molar-refractivity contribution in [1.29, 1.82) is 0 Å². The number of aliphatic carboxylic acids is 1. The molecule has 0 bridgehead atoms. The second-order valence-corrected chi connectivity index (χ2v) is 13.9. The number of imidazole rings is 1. The van der Waals surface area contributed by atoms with Gasteiger partial charge in [-0.25, -0.2) is 13.4 Å². The number of benzene rings is 2. The van der Waals surface area contributed by atoms with E-state index in [2.05, 4.69) is 4.98 Å². The van der Waals surface area contributed by atoms with Gasteiger partial charge in [-0.05, 0) is 93.2 Å². The maximum Gasteiger partial charge on any atom is 0.391 e. The molecule has 0 saturated heterocycles. The van der Waals surface area contributed by atoms with Crippen LogP contribution >= 0.6 is 0 Å². The van der Waals surface area contributed by atoms with E-state index in [1.165, 1.54) is 11.4 Å². The van der Waals surface area contributed by atoms with E-state index in [1.54, 1.807) is 42.5 Å². The summed E-state index contributed by atoms with van der Waals surface area (Å²) in [5.74, 6) is -2.69. The molecule has 0 spiro atoms. The van der Waals surface area contributed by atoms with Gasteiger partial charge < -0.3 is 14.4 Å². The predicted molar refractivity (Wildman–Crippen MR) is 156 cm³/mol. The highest BCUT2D eigenvalue weighted by Gasteiger charge is 2.43. The first-order chi connectivity index (χ1) is 20.3. The molecule has 8 nitrogen and oxygen atoms in total. The molecular weight excluding hydrogens is 583 g/mol. The first-order valence-electron chi connectivity index (χ1n) is 14.7. The number of alkyl halides is 3. The molecule has 2 aliphatic rings. The monoisotopic (exact) mass is 621 g/mol. The van der Waals surface area contributed by atoms with Crippen molar-refractivity contribution in [2.45, 2.75) is 75.0 Å². The van der Waals surface area contributed by atoms with Gasteiger partial charge in [0.1, 0.15) is 5.82 Å². The van der Waals surface area contributed by atoms with E-state index >= 15 is 0 Å². The summed E-state index contributed by atoms with van der Waals surface area (Å²) in [6.07, 6.45) is -1.60. The minimum Gasteiger partial charge on any atom is -0.481 e. The van der Waals surface area contributed by atoms with Crippen LogP contribution in [0.15, 0.2) is 47.4 Å². The zero-order valence-electron chi connectivity index (χ0n) is 24.5. The fourth-order valence-corrected chi connectivity index (χ4v) is 7.94. The van der Waals surface area contributed by atoms with Crippen LogP contribution < -0.4 is 4.31 Å². The van der Waals surface area contributed by atoms with Crippen LogP contribution in [0.1, 0.15) is 62.3 Å². The first kappa shape index (κ1) is 31.3. The number of nitrogens with zero attached hydrogens (tertiary/aromatic N) is 3. The quantitative estimate of drug-likeness (QED) is 0.311. The molecule has 0 unspecified atom stereocenters. The Hall–Kier alpha value is -3.12. The van der Waals surface area contributed by atoms with Crippen LogP contribution in [0, 0.1) is 24.7 Å². The molecule has 43 heavy (non-hydrogen) atoms. The number of aryl methyl sites for hydroxylation is 2. The number of ether oxygens (including phenoxy) is 1. The van der Waals surface area contributed by atoms with Gasteiger partial charge in [-0.15, -0.1) is 0 Å². The molecule has 1 heterocycles. The van der Waals surface area contributed by atoms with E-state index in [1.807, 2.05) is 18.5 Å². The minimum atomic E-state index is -4.18. The van der Waals surface area contributed by atoms with Crippen molar-refractivity contribution in [3.8, 4) is 0 Å². The molecule has 3 atom stereocenters. The largest absolute Gasteiger partial charge is 0.481 e. The predicted octanol–water partition coefficient (Wildman–Crippen LogP) is 6.43. The van der Waals surface area contributed by atoms with Gasteiger partial charge in [0.05, 0.1) is 46.2 Å². The van der Waals surface area contributed by atoms with Crippen molar-refractivity contribution in [2.24, 2.45) is 24.8 Å².